The maximum atomic E-state index is 13.8. The molecule has 0 spiro atoms. The second-order valence-electron chi connectivity index (χ2n) is 7.79. The number of halogens is 2. The summed E-state index contributed by atoms with van der Waals surface area (Å²) in [5.74, 6) is 0.602. The lowest BCUT2D eigenvalue weighted by atomic mass is 9.96. The van der Waals surface area contributed by atoms with Gasteiger partial charge in [-0.15, -0.1) is 0 Å². The van der Waals surface area contributed by atoms with Gasteiger partial charge in [-0.05, 0) is 72.1 Å². The van der Waals surface area contributed by atoms with Gasteiger partial charge in [-0.2, -0.15) is 0 Å². The molecule has 0 bridgehead atoms. The van der Waals surface area contributed by atoms with Crippen LogP contribution in [0.15, 0.2) is 61.9 Å². The van der Waals surface area contributed by atoms with Crippen LogP contribution in [0.1, 0.15) is 37.9 Å². The van der Waals surface area contributed by atoms with Gasteiger partial charge in [0, 0.05) is 5.02 Å². The van der Waals surface area contributed by atoms with Crippen molar-refractivity contribution in [1.29, 1.82) is 0 Å². The number of benzene rings is 2. The maximum absolute atomic E-state index is 13.8. The van der Waals surface area contributed by atoms with Crippen molar-refractivity contribution in [2.75, 3.05) is 20.3 Å². The van der Waals surface area contributed by atoms with Crippen molar-refractivity contribution in [2.24, 2.45) is 4.99 Å². The molecule has 0 N–H and O–H groups in total. The van der Waals surface area contributed by atoms with Crippen molar-refractivity contribution in [3.05, 3.63) is 88.0 Å². The van der Waals surface area contributed by atoms with E-state index in [1.807, 2.05) is 25.1 Å². The van der Waals surface area contributed by atoms with Crippen molar-refractivity contribution in [1.82, 2.24) is 4.57 Å². The fraction of sp³-hybridized carbons (Fsp3) is 0.269. The maximum Gasteiger partial charge on any atom is 0.338 e. The fourth-order valence-electron chi connectivity index (χ4n) is 4.07. The number of hydrogen-bond donors (Lipinski definition) is 0. The number of carbonyl (C=O) groups is 1. The lowest BCUT2D eigenvalue weighted by Crippen LogP contribution is -2.40. The molecule has 1 aliphatic heterocycles. The molecule has 1 aliphatic rings. The molecule has 188 valence electrons. The summed E-state index contributed by atoms with van der Waals surface area (Å²) < 4.78 is 19.1. The third kappa shape index (κ3) is 4.87. The summed E-state index contributed by atoms with van der Waals surface area (Å²) >= 11 is 11.3. The van der Waals surface area contributed by atoms with E-state index >= 15 is 0 Å². The quantitative estimate of drug-likeness (QED) is 0.375. The Kier molecular flexibility index (Phi) is 8.02. The standard InChI is InChI=1S/C26H24BrClN2O5S/c1-5-34-19-12-15(11-17(27)23(19)33-4)13-20-24(31)30-22(16-9-7-8-10-18(16)28)21(25(32)35-6-2)14(3)29-26(30)36-20/h7-13,22H,5-6H2,1-4H3/b20-13-. The zero-order valence-electron chi connectivity index (χ0n) is 20.1. The summed E-state index contributed by atoms with van der Waals surface area (Å²) in [7, 11) is 1.57. The predicted octanol–water partition coefficient (Wildman–Crippen LogP) is 4.62. The van der Waals surface area contributed by atoms with Crippen molar-refractivity contribution in [2.45, 2.75) is 26.8 Å². The lowest BCUT2D eigenvalue weighted by molar-refractivity contribution is -0.139. The largest absolute Gasteiger partial charge is 0.492 e. The highest BCUT2D eigenvalue weighted by molar-refractivity contribution is 9.10. The van der Waals surface area contributed by atoms with E-state index in [2.05, 4.69) is 20.9 Å². The highest BCUT2D eigenvalue weighted by atomic mass is 79.9. The Hall–Kier alpha value is -2.88. The van der Waals surface area contributed by atoms with E-state index in [-0.39, 0.29) is 17.7 Å². The van der Waals surface area contributed by atoms with Gasteiger partial charge >= 0.3 is 5.97 Å². The molecule has 2 heterocycles. The molecule has 36 heavy (non-hydrogen) atoms. The number of fused-ring (bicyclic) bond motifs is 1. The zero-order valence-corrected chi connectivity index (χ0v) is 23.3. The molecule has 0 aliphatic carbocycles. The molecule has 3 aromatic rings. The van der Waals surface area contributed by atoms with E-state index in [1.165, 1.54) is 15.9 Å². The van der Waals surface area contributed by atoms with Crippen LogP contribution in [-0.4, -0.2) is 30.9 Å². The van der Waals surface area contributed by atoms with Crippen LogP contribution in [-0.2, 0) is 9.53 Å². The molecule has 1 unspecified atom stereocenters. The average molecular weight is 592 g/mol. The first-order valence-electron chi connectivity index (χ1n) is 11.2. The Labute approximate surface area is 225 Å². The lowest BCUT2D eigenvalue weighted by Gasteiger charge is -2.25. The van der Waals surface area contributed by atoms with Gasteiger partial charge in [0.05, 0.1) is 40.6 Å². The van der Waals surface area contributed by atoms with Gasteiger partial charge in [-0.1, -0.05) is 41.1 Å². The van der Waals surface area contributed by atoms with Gasteiger partial charge in [-0.3, -0.25) is 9.36 Å². The normalized spacial score (nSPS) is 15.4. The first kappa shape index (κ1) is 26.2. The summed E-state index contributed by atoms with van der Waals surface area (Å²) in [6, 6.07) is 10.0. The van der Waals surface area contributed by atoms with E-state index in [4.69, 9.17) is 25.8 Å². The van der Waals surface area contributed by atoms with E-state index in [0.717, 1.165) is 5.56 Å². The van der Waals surface area contributed by atoms with E-state index in [9.17, 15) is 9.59 Å². The number of hydrogen-bond acceptors (Lipinski definition) is 7. The summed E-state index contributed by atoms with van der Waals surface area (Å²) in [4.78, 5) is 31.8. The van der Waals surface area contributed by atoms with Crippen molar-refractivity contribution >= 4 is 50.9 Å². The van der Waals surface area contributed by atoms with Gasteiger partial charge in [-0.25, -0.2) is 9.79 Å². The van der Waals surface area contributed by atoms with Crippen LogP contribution in [0.2, 0.25) is 5.02 Å². The van der Waals surface area contributed by atoms with Gasteiger partial charge < -0.3 is 14.2 Å². The number of allylic oxidation sites excluding steroid dienone is 1. The Morgan fingerprint density at radius 3 is 2.67 bits per heavy atom. The molecule has 1 aromatic heterocycles. The molecule has 0 fully saturated rings. The topological polar surface area (TPSA) is 79.1 Å². The number of carbonyl (C=O) groups excluding carboxylic acids is 1. The van der Waals surface area contributed by atoms with Crippen LogP contribution >= 0.6 is 38.9 Å². The zero-order chi connectivity index (χ0) is 26.0. The summed E-state index contributed by atoms with van der Waals surface area (Å²) in [5, 5.41) is 0.439. The molecule has 0 amide bonds. The van der Waals surface area contributed by atoms with Gasteiger partial charge in [0.1, 0.15) is 6.04 Å². The van der Waals surface area contributed by atoms with Crippen molar-refractivity contribution < 1.29 is 19.0 Å². The smallest absolute Gasteiger partial charge is 0.338 e. The minimum atomic E-state index is -0.766. The molecular formula is C26H24BrClN2O5S. The molecule has 4 rings (SSSR count). The highest BCUT2D eigenvalue weighted by Crippen LogP contribution is 2.37. The Morgan fingerprint density at radius 2 is 2.00 bits per heavy atom. The van der Waals surface area contributed by atoms with Crippen molar-refractivity contribution in [3.63, 3.8) is 0 Å². The monoisotopic (exact) mass is 590 g/mol. The van der Waals surface area contributed by atoms with Gasteiger partial charge in [0.2, 0.25) is 0 Å². The van der Waals surface area contributed by atoms with Gasteiger partial charge in [0.25, 0.3) is 5.56 Å². The predicted molar refractivity (Wildman–Crippen MR) is 144 cm³/mol. The van der Waals surface area contributed by atoms with Crippen LogP contribution in [0, 0.1) is 0 Å². The Morgan fingerprint density at radius 1 is 1.25 bits per heavy atom. The molecule has 0 saturated heterocycles. The molecule has 1 atom stereocenters. The first-order valence-corrected chi connectivity index (χ1v) is 13.2. The minimum Gasteiger partial charge on any atom is -0.492 e. The summed E-state index contributed by atoms with van der Waals surface area (Å²) in [5.41, 5.74) is 1.84. The average Bonchev–Trinajstić information content (AvgIpc) is 3.13. The summed E-state index contributed by atoms with van der Waals surface area (Å²) in [6.45, 7) is 6.02. The number of methoxy groups -OCH3 is 1. The van der Waals surface area contributed by atoms with Crippen molar-refractivity contribution in [3.8, 4) is 11.5 Å². The van der Waals surface area contributed by atoms with Crippen LogP contribution in [0.3, 0.4) is 0 Å². The SMILES string of the molecule is CCOC(=O)C1=C(C)N=c2s/c(=C\c3cc(Br)c(OC)c(OCC)c3)c(=O)n2C1c1ccccc1Cl. The molecule has 0 saturated carbocycles. The first-order chi connectivity index (χ1) is 17.3. The number of rotatable bonds is 7. The van der Waals surface area contributed by atoms with Crippen LogP contribution in [0.4, 0.5) is 0 Å². The Balaban J connectivity index is 1.95. The molecular weight excluding hydrogens is 568 g/mol. The second-order valence-corrected chi connectivity index (χ2v) is 10.1. The molecule has 2 aromatic carbocycles. The third-order valence-corrected chi connectivity index (χ3v) is 7.47. The van der Waals surface area contributed by atoms with Gasteiger partial charge in [0.15, 0.2) is 16.3 Å². The summed E-state index contributed by atoms with van der Waals surface area (Å²) in [6.07, 6.45) is 1.77. The molecule has 7 nitrogen and oxygen atoms in total. The Bertz CT molecular complexity index is 1540. The van der Waals surface area contributed by atoms with Crippen LogP contribution < -0.4 is 24.4 Å². The number of thiazole rings is 1. The highest BCUT2D eigenvalue weighted by Gasteiger charge is 2.34. The van der Waals surface area contributed by atoms with Crippen LogP contribution in [0.5, 0.6) is 11.5 Å². The van der Waals surface area contributed by atoms with E-state index < -0.39 is 12.0 Å². The number of esters is 1. The number of nitrogens with zero attached hydrogens (tertiary/aromatic N) is 2. The third-order valence-electron chi connectivity index (χ3n) is 5.55. The van der Waals surface area contributed by atoms with E-state index in [0.29, 0.717) is 48.2 Å². The number of ether oxygens (including phenoxy) is 3. The molecule has 0 radical (unpaired) electrons. The van der Waals surface area contributed by atoms with Crippen LogP contribution in [0.25, 0.3) is 6.08 Å². The molecule has 10 heteroatoms. The number of aromatic nitrogens is 1. The fourth-order valence-corrected chi connectivity index (χ4v) is 5.97. The second kappa shape index (κ2) is 11.0. The van der Waals surface area contributed by atoms with E-state index in [1.54, 1.807) is 45.2 Å². The minimum absolute atomic E-state index is 0.198.